The van der Waals surface area contributed by atoms with Gasteiger partial charge in [0.05, 0.1) is 29.6 Å². The molecular formula is C38H37F2N6O6S2+. The van der Waals surface area contributed by atoms with Gasteiger partial charge in [0.25, 0.3) is 11.8 Å². The number of nitrogens with one attached hydrogen (secondary N) is 3. The molecule has 1 aromatic heterocycles. The van der Waals surface area contributed by atoms with Crippen molar-refractivity contribution in [3.63, 3.8) is 0 Å². The van der Waals surface area contributed by atoms with Crippen LogP contribution < -0.4 is 15.5 Å². The maximum absolute atomic E-state index is 13.8. The number of rotatable bonds is 13. The Bertz CT molecular complexity index is 2010. The van der Waals surface area contributed by atoms with Crippen molar-refractivity contribution in [2.75, 3.05) is 24.2 Å². The molecule has 2 amide bonds. The van der Waals surface area contributed by atoms with Crippen LogP contribution in [0.4, 0.5) is 13.9 Å². The number of carboxylic acids is 1. The molecule has 16 heteroatoms. The second kappa shape index (κ2) is 15.6. The largest absolute Gasteiger partial charge is 0.477 e. The Morgan fingerprint density at radius 3 is 2.07 bits per heavy atom. The number of carbonyl (C=O) groups excluding carboxylic acids is 2. The van der Waals surface area contributed by atoms with Gasteiger partial charge in [0.1, 0.15) is 34.4 Å². The molecule has 3 aliphatic rings. The fraction of sp³-hybridized carbons (Fsp3) is 0.289. The fourth-order valence-corrected chi connectivity index (χ4v) is 10.1. The van der Waals surface area contributed by atoms with E-state index in [4.69, 9.17) is 0 Å². The third-order valence-corrected chi connectivity index (χ3v) is 12.5. The number of likely N-dealkylation sites (tertiary alicyclic amines) is 1. The molecule has 4 atom stereocenters. The number of amides is 2. The van der Waals surface area contributed by atoms with E-state index in [1.54, 1.807) is 0 Å². The molecule has 0 radical (unpaired) electrons. The topological polar surface area (TPSA) is 155 Å². The van der Waals surface area contributed by atoms with Crippen molar-refractivity contribution >= 4 is 50.8 Å². The number of anilines is 1. The van der Waals surface area contributed by atoms with E-state index in [0.717, 1.165) is 63.8 Å². The molecule has 4 heterocycles. The van der Waals surface area contributed by atoms with Gasteiger partial charge in [0.2, 0.25) is 0 Å². The van der Waals surface area contributed by atoms with Gasteiger partial charge in [0, 0.05) is 23.8 Å². The summed E-state index contributed by atoms with van der Waals surface area (Å²) in [4.78, 5) is 50.8. The summed E-state index contributed by atoms with van der Waals surface area (Å²) < 4.78 is 40.2. The van der Waals surface area contributed by atoms with Crippen LogP contribution in [0.5, 0.6) is 0 Å². The zero-order chi connectivity index (χ0) is 38.0. The summed E-state index contributed by atoms with van der Waals surface area (Å²) in [6, 6.07) is 27.3. The summed E-state index contributed by atoms with van der Waals surface area (Å²) in [7, 11) is -1.77. The monoisotopic (exact) mass is 775 g/mol. The number of aromatic nitrogens is 1. The predicted octanol–water partition coefficient (Wildman–Crippen LogP) is 3.31. The molecule has 7 rings (SSSR count). The third-order valence-electron chi connectivity index (χ3n) is 10.1. The van der Waals surface area contributed by atoms with Crippen LogP contribution in [0, 0.1) is 0 Å². The van der Waals surface area contributed by atoms with Crippen LogP contribution in [-0.2, 0) is 35.6 Å². The number of fused-ring (bicyclic) bond motifs is 1. The van der Waals surface area contributed by atoms with Crippen LogP contribution in [0.3, 0.4) is 0 Å². The molecule has 0 spiro atoms. The molecule has 3 aliphatic heterocycles. The molecule has 0 bridgehead atoms. The number of β-lactam (4-membered cyclic amide) rings is 1. The quantitative estimate of drug-likeness (QED) is 0.0699. The second-order valence-corrected chi connectivity index (χ2v) is 15.5. The number of alkyl halides is 2. The highest BCUT2D eigenvalue weighted by atomic mass is 32.2. The van der Waals surface area contributed by atoms with Crippen LogP contribution in [0.2, 0.25) is 0 Å². The summed E-state index contributed by atoms with van der Waals surface area (Å²) >= 11 is 1.09. The highest BCUT2D eigenvalue weighted by Crippen LogP contribution is 2.41. The van der Waals surface area contributed by atoms with Crippen LogP contribution >= 0.6 is 11.3 Å². The fourth-order valence-electron chi connectivity index (χ4n) is 7.53. The molecule has 280 valence electrons. The summed E-state index contributed by atoms with van der Waals surface area (Å²) in [5.74, 6) is -3.30. The first-order valence-corrected chi connectivity index (χ1v) is 19.6. The summed E-state index contributed by atoms with van der Waals surface area (Å²) in [5.41, 5.74) is 1.02. The number of quaternary nitrogens is 1. The molecule has 12 nitrogen and oxygen atoms in total. The van der Waals surface area contributed by atoms with Gasteiger partial charge in [-0.3, -0.25) is 18.7 Å². The van der Waals surface area contributed by atoms with Crippen LogP contribution in [0.1, 0.15) is 42.1 Å². The van der Waals surface area contributed by atoms with Gasteiger partial charge in [-0.2, -0.15) is 8.78 Å². The third kappa shape index (κ3) is 6.92. The van der Waals surface area contributed by atoms with Crippen molar-refractivity contribution in [3.05, 3.63) is 130 Å². The molecule has 0 saturated carbocycles. The van der Waals surface area contributed by atoms with E-state index >= 15 is 0 Å². The molecule has 3 unspecified atom stereocenters. The van der Waals surface area contributed by atoms with Crippen molar-refractivity contribution in [1.29, 1.82) is 0 Å². The van der Waals surface area contributed by atoms with Crippen molar-refractivity contribution in [3.8, 4) is 0 Å². The average Bonchev–Trinajstić information content (AvgIpc) is 3.90. The number of thiazole rings is 1. The summed E-state index contributed by atoms with van der Waals surface area (Å²) in [6.07, 6.45) is 1.98. The van der Waals surface area contributed by atoms with Crippen molar-refractivity contribution < 1.29 is 42.2 Å². The normalized spacial score (nSPS) is 21.0. The lowest BCUT2D eigenvalue weighted by Crippen LogP contribution is -3.14. The van der Waals surface area contributed by atoms with Gasteiger partial charge in [0.15, 0.2) is 10.8 Å². The van der Waals surface area contributed by atoms with Crippen molar-refractivity contribution in [2.45, 2.75) is 49.4 Å². The van der Waals surface area contributed by atoms with Gasteiger partial charge in [-0.1, -0.05) is 96.2 Å². The van der Waals surface area contributed by atoms with Gasteiger partial charge >= 0.3 is 12.6 Å². The molecule has 3 aromatic carbocycles. The van der Waals surface area contributed by atoms with Crippen LogP contribution in [-0.4, -0.2) is 85.6 Å². The highest BCUT2D eigenvalue weighted by molar-refractivity contribution is 7.86. The number of halogens is 2. The molecule has 4 aromatic rings. The Balaban J connectivity index is 1.19. The number of benzene rings is 3. The maximum Gasteiger partial charge on any atom is 0.407 e. The lowest BCUT2D eigenvalue weighted by Gasteiger charge is -2.49. The SMILES string of the molecule is CC(C1=C(C(=O)O)N2C(=O)C(NC(=O)C(=NOC(F)F)c3csc(NC(c4ccccc4)(c4ccccc4)c4ccccc4)n3)[C@@H]2S(=O)C1)[NH+]1CCCC1. The minimum absolute atomic E-state index is 0.0876. The van der Waals surface area contributed by atoms with E-state index in [1.807, 2.05) is 97.9 Å². The molecule has 54 heavy (non-hydrogen) atoms. The standard InChI is InChI=1S/C38H36F2N6O6S2/c1-23(45-19-11-12-20-45)27-22-54(51)34-30(33(48)46(34)31(27)35(49)50)42-32(47)29(44-52-36(39)40)28-21-53-37(41-28)43-38(24-13-5-2-6-14-24,25-15-7-3-8-16-25)26-17-9-4-10-18-26/h2-10,13-18,21,23,30,34,36H,11-12,19-20,22H2,1H3,(H,41,43)(H,42,47)(H,49,50)/p+1/t23?,30?,34-,54?/m0/s1. The van der Waals surface area contributed by atoms with Gasteiger partial charge < -0.3 is 25.5 Å². The number of carboxylic acid groups (broad SMARTS) is 1. The second-order valence-electron chi connectivity index (χ2n) is 13.2. The smallest absolute Gasteiger partial charge is 0.407 e. The summed E-state index contributed by atoms with van der Waals surface area (Å²) in [5, 5.41) is 20.2. The van der Waals surface area contributed by atoms with E-state index in [2.05, 4.69) is 25.6 Å². The van der Waals surface area contributed by atoms with E-state index in [-0.39, 0.29) is 23.2 Å². The van der Waals surface area contributed by atoms with E-state index < -0.39 is 57.9 Å². The number of carbonyl (C=O) groups is 3. The first-order chi connectivity index (χ1) is 26.1. The first kappa shape index (κ1) is 37.0. The Morgan fingerprint density at radius 1 is 1.00 bits per heavy atom. The Hall–Kier alpha value is -5.32. The Kier molecular flexibility index (Phi) is 10.7. The van der Waals surface area contributed by atoms with Gasteiger partial charge in [-0.15, -0.1) is 11.3 Å². The Labute approximate surface area is 316 Å². The summed E-state index contributed by atoms with van der Waals surface area (Å²) in [6.45, 7) is 0.163. The van der Waals surface area contributed by atoms with Gasteiger partial charge in [-0.05, 0) is 23.6 Å². The number of oxime groups is 1. The highest BCUT2D eigenvalue weighted by Gasteiger charge is 2.58. The predicted molar refractivity (Wildman–Crippen MR) is 198 cm³/mol. The molecule has 4 N–H and O–H groups in total. The van der Waals surface area contributed by atoms with Crippen LogP contribution in [0.25, 0.3) is 0 Å². The number of aliphatic carboxylic acids is 1. The lowest BCUT2D eigenvalue weighted by atomic mass is 9.77. The van der Waals surface area contributed by atoms with Crippen molar-refractivity contribution in [1.82, 2.24) is 15.2 Å². The lowest BCUT2D eigenvalue weighted by molar-refractivity contribution is -0.905. The minimum Gasteiger partial charge on any atom is -0.477 e. The minimum atomic E-state index is -3.38. The Morgan fingerprint density at radius 2 is 1.56 bits per heavy atom. The number of hydrogen-bond acceptors (Lipinski definition) is 9. The number of nitrogens with zero attached hydrogens (tertiary/aromatic N) is 3. The molecule has 0 aliphatic carbocycles. The molecule has 2 saturated heterocycles. The zero-order valence-electron chi connectivity index (χ0n) is 29.0. The van der Waals surface area contributed by atoms with Crippen molar-refractivity contribution in [2.24, 2.45) is 5.16 Å². The molecular weight excluding hydrogens is 739 g/mol. The number of hydrogen-bond donors (Lipinski definition) is 4. The van der Waals surface area contributed by atoms with Gasteiger partial charge in [-0.25, -0.2) is 9.78 Å². The van der Waals surface area contributed by atoms with E-state index in [0.29, 0.717) is 10.7 Å². The average molecular weight is 776 g/mol. The molecule has 2 fully saturated rings. The zero-order valence-corrected chi connectivity index (χ0v) is 30.6. The maximum atomic E-state index is 13.8. The first-order valence-electron chi connectivity index (χ1n) is 17.3. The van der Waals surface area contributed by atoms with Crippen LogP contribution in [0.15, 0.2) is 113 Å². The van der Waals surface area contributed by atoms with E-state index in [1.165, 1.54) is 5.38 Å². The van der Waals surface area contributed by atoms with E-state index in [9.17, 15) is 32.5 Å².